The molecule has 0 heterocycles. The molecule has 2 rings (SSSR count). The first-order valence-electron chi connectivity index (χ1n) is 7.27. The van der Waals surface area contributed by atoms with E-state index in [2.05, 4.69) is 10.1 Å². The number of hydrogen-bond donors (Lipinski definition) is 1. The van der Waals surface area contributed by atoms with E-state index in [-0.39, 0.29) is 11.1 Å². The van der Waals surface area contributed by atoms with Gasteiger partial charge in [-0.1, -0.05) is 36.4 Å². The van der Waals surface area contributed by atoms with Crippen molar-refractivity contribution in [3.05, 3.63) is 71.6 Å². The largest absolute Gasteiger partial charge is 0.573 e. The lowest BCUT2D eigenvalue weighted by molar-refractivity contribution is -0.274. The van der Waals surface area contributed by atoms with Gasteiger partial charge in [-0.25, -0.2) is 4.39 Å². The maximum Gasteiger partial charge on any atom is 0.573 e. The number of para-hydroxylation sites is 1. The average molecular weight is 364 g/mol. The van der Waals surface area contributed by atoms with Crippen molar-refractivity contribution in [1.82, 2.24) is 5.32 Å². The molecular formula is C18H12F4N2O2. The Kier molecular flexibility index (Phi) is 5.96. The van der Waals surface area contributed by atoms with Crippen molar-refractivity contribution < 1.29 is 27.1 Å². The van der Waals surface area contributed by atoms with Crippen LogP contribution in [0.5, 0.6) is 5.75 Å². The van der Waals surface area contributed by atoms with Crippen LogP contribution < -0.4 is 10.1 Å². The van der Waals surface area contributed by atoms with Crippen molar-refractivity contribution in [2.75, 3.05) is 0 Å². The Bertz CT molecular complexity index is 857. The summed E-state index contributed by atoms with van der Waals surface area (Å²) in [6.45, 7) is 0. The van der Waals surface area contributed by atoms with Crippen LogP contribution in [-0.4, -0.2) is 12.3 Å². The molecule has 1 atom stereocenters. The van der Waals surface area contributed by atoms with Gasteiger partial charge >= 0.3 is 6.36 Å². The maximum atomic E-state index is 13.7. The van der Waals surface area contributed by atoms with Crippen molar-refractivity contribution in [2.24, 2.45) is 0 Å². The zero-order chi connectivity index (χ0) is 19.2. The number of ether oxygens (including phenoxy) is 1. The van der Waals surface area contributed by atoms with E-state index in [9.17, 15) is 22.4 Å². The van der Waals surface area contributed by atoms with E-state index in [0.29, 0.717) is 0 Å². The number of amides is 1. The van der Waals surface area contributed by atoms with Gasteiger partial charge in [-0.2, -0.15) is 5.26 Å². The van der Waals surface area contributed by atoms with Gasteiger partial charge in [0.2, 0.25) is 5.91 Å². The minimum atomic E-state index is -4.87. The van der Waals surface area contributed by atoms with Crippen molar-refractivity contribution >= 4 is 12.0 Å². The molecule has 0 fully saturated rings. The average Bonchev–Trinajstić information content (AvgIpc) is 2.58. The molecule has 0 aliphatic heterocycles. The smallest absolute Gasteiger partial charge is 0.405 e. The molecule has 134 valence electrons. The molecular weight excluding hydrogens is 352 g/mol. The molecule has 0 aliphatic rings. The standard InChI is InChI=1S/C18H12F4N2O2/c19-14-7-3-2-6-13(14)15(11-23)24-17(25)10-9-12-5-1-4-8-16(12)26-18(20,21)22/h1-10,15H,(H,24,25)/b10-9+. The second kappa shape index (κ2) is 8.16. The topological polar surface area (TPSA) is 62.1 Å². The third-order valence-corrected chi connectivity index (χ3v) is 3.19. The molecule has 0 aromatic heterocycles. The van der Waals surface area contributed by atoms with Gasteiger partial charge in [0, 0.05) is 17.2 Å². The Morgan fingerprint density at radius 1 is 1.15 bits per heavy atom. The van der Waals surface area contributed by atoms with Gasteiger partial charge in [-0.15, -0.1) is 13.2 Å². The minimum Gasteiger partial charge on any atom is -0.405 e. The van der Waals surface area contributed by atoms with Crippen LogP contribution >= 0.6 is 0 Å². The fourth-order valence-corrected chi connectivity index (χ4v) is 2.08. The summed E-state index contributed by atoms with van der Waals surface area (Å²) >= 11 is 0. The number of benzene rings is 2. The van der Waals surface area contributed by atoms with E-state index >= 15 is 0 Å². The highest BCUT2D eigenvalue weighted by atomic mass is 19.4. The Balaban J connectivity index is 2.13. The van der Waals surface area contributed by atoms with Crippen LogP contribution in [0, 0.1) is 17.1 Å². The number of hydrogen-bond acceptors (Lipinski definition) is 3. The van der Waals surface area contributed by atoms with Gasteiger partial charge in [0.15, 0.2) is 0 Å². The molecule has 26 heavy (non-hydrogen) atoms. The van der Waals surface area contributed by atoms with Gasteiger partial charge in [0.25, 0.3) is 0 Å². The summed E-state index contributed by atoms with van der Waals surface area (Å²) in [5, 5.41) is 11.4. The first kappa shape index (κ1) is 19.0. The predicted octanol–water partition coefficient (Wildman–Crippen LogP) is 4.12. The Morgan fingerprint density at radius 2 is 1.81 bits per heavy atom. The SMILES string of the molecule is N#CC(NC(=O)/C=C/c1ccccc1OC(F)(F)F)c1ccccc1F. The number of alkyl halides is 3. The van der Waals surface area contributed by atoms with Crippen LogP contribution in [0.1, 0.15) is 17.2 Å². The number of halogens is 4. The summed E-state index contributed by atoms with van der Waals surface area (Å²) in [4.78, 5) is 11.9. The fraction of sp³-hybridized carbons (Fsp3) is 0.111. The number of carbonyl (C=O) groups excluding carboxylic acids is 1. The van der Waals surface area contributed by atoms with Gasteiger partial charge in [-0.3, -0.25) is 4.79 Å². The zero-order valence-corrected chi connectivity index (χ0v) is 13.1. The van der Waals surface area contributed by atoms with E-state index in [4.69, 9.17) is 5.26 Å². The number of rotatable bonds is 5. The lowest BCUT2D eigenvalue weighted by Crippen LogP contribution is -2.26. The van der Waals surface area contributed by atoms with E-state index in [1.807, 2.05) is 0 Å². The molecule has 0 bridgehead atoms. The molecule has 0 aliphatic carbocycles. The number of carbonyl (C=O) groups is 1. The van der Waals surface area contributed by atoms with Crippen LogP contribution in [0.2, 0.25) is 0 Å². The predicted molar refractivity (Wildman–Crippen MR) is 85.1 cm³/mol. The number of nitriles is 1. The normalized spacial score (nSPS) is 12.4. The van der Waals surface area contributed by atoms with Crippen LogP contribution in [0.15, 0.2) is 54.6 Å². The summed E-state index contributed by atoms with van der Waals surface area (Å²) < 4.78 is 54.7. The third-order valence-electron chi connectivity index (χ3n) is 3.19. The first-order valence-corrected chi connectivity index (χ1v) is 7.27. The van der Waals surface area contributed by atoms with Crippen LogP contribution in [0.3, 0.4) is 0 Å². The molecule has 0 saturated heterocycles. The first-order chi connectivity index (χ1) is 12.3. The maximum absolute atomic E-state index is 13.7. The van der Waals surface area contributed by atoms with E-state index in [1.54, 1.807) is 6.07 Å². The molecule has 0 spiro atoms. The van der Waals surface area contributed by atoms with E-state index in [1.165, 1.54) is 36.4 Å². The molecule has 4 nitrogen and oxygen atoms in total. The molecule has 0 radical (unpaired) electrons. The van der Waals surface area contributed by atoms with Gasteiger partial charge in [0.1, 0.15) is 17.6 Å². The highest BCUT2D eigenvalue weighted by Crippen LogP contribution is 2.27. The summed E-state index contributed by atoms with van der Waals surface area (Å²) in [6, 6.07) is 11.2. The van der Waals surface area contributed by atoms with Crippen molar-refractivity contribution in [3.8, 4) is 11.8 Å². The third kappa shape index (κ3) is 5.34. The fourth-order valence-electron chi connectivity index (χ4n) is 2.08. The van der Waals surface area contributed by atoms with Crippen molar-refractivity contribution in [2.45, 2.75) is 12.4 Å². The summed E-state index contributed by atoms with van der Waals surface area (Å²) in [5.74, 6) is -1.91. The Hall–Kier alpha value is -3.34. The van der Waals surface area contributed by atoms with Gasteiger partial charge in [-0.05, 0) is 18.2 Å². The van der Waals surface area contributed by atoms with Crippen LogP contribution in [-0.2, 0) is 4.79 Å². The summed E-state index contributed by atoms with van der Waals surface area (Å²) in [7, 11) is 0. The molecule has 2 aromatic rings. The van der Waals surface area contributed by atoms with E-state index < -0.39 is 29.9 Å². The summed E-state index contributed by atoms with van der Waals surface area (Å²) in [5.41, 5.74) is -0.00284. The zero-order valence-electron chi connectivity index (χ0n) is 13.1. The molecule has 1 unspecified atom stereocenters. The van der Waals surface area contributed by atoms with Crippen LogP contribution in [0.4, 0.5) is 17.6 Å². The molecule has 2 aromatic carbocycles. The molecule has 0 saturated carbocycles. The highest BCUT2D eigenvalue weighted by molar-refractivity contribution is 5.92. The lowest BCUT2D eigenvalue weighted by Gasteiger charge is -2.12. The molecule has 1 amide bonds. The Morgan fingerprint density at radius 3 is 2.46 bits per heavy atom. The summed E-state index contributed by atoms with van der Waals surface area (Å²) in [6.07, 6.45) is -2.83. The second-order valence-electron chi connectivity index (χ2n) is 5.01. The molecule has 1 N–H and O–H groups in total. The molecule has 8 heteroatoms. The number of nitrogens with one attached hydrogen (secondary N) is 1. The van der Waals surface area contributed by atoms with Crippen LogP contribution in [0.25, 0.3) is 6.08 Å². The highest BCUT2D eigenvalue weighted by Gasteiger charge is 2.31. The van der Waals surface area contributed by atoms with Crippen molar-refractivity contribution in [1.29, 1.82) is 5.26 Å². The second-order valence-corrected chi connectivity index (χ2v) is 5.01. The van der Waals surface area contributed by atoms with Gasteiger partial charge in [0.05, 0.1) is 6.07 Å². The Labute approximate surface area is 146 Å². The number of nitrogens with zero attached hydrogens (tertiary/aromatic N) is 1. The van der Waals surface area contributed by atoms with E-state index in [0.717, 1.165) is 24.3 Å². The minimum absolute atomic E-state index is 0.0133. The van der Waals surface area contributed by atoms with Crippen molar-refractivity contribution in [3.63, 3.8) is 0 Å². The lowest BCUT2D eigenvalue weighted by atomic mass is 10.1. The quantitative estimate of drug-likeness (QED) is 0.641. The van der Waals surface area contributed by atoms with Gasteiger partial charge < -0.3 is 10.1 Å². The monoisotopic (exact) mass is 364 g/mol.